The number of benzene rings is 2. The molecular weight excluding hydrogens is 378 g/mol. The summed E-state index contributed by atoms with van der Waals surface area (Å²) in [6.45, 7) is 3.98. The maximum Gasteiger partial charge on any atom is 0.256 e. The van der Waals surface area contributed by atoms with Gasteiger partial charge in [-0.25, -0.2) is 0 Å². The summed E-state index contributed by atoms with van der Waals surface area (Å²) in [7, 11) is 1.55. The lowest BCUT2D eigenvalue weighted by Crippen LogP contribution is -2.41. The lowest BCUT2D eigenvalue weighted by atomic mass is 10.0. The second kappa shape index (κ2) is 9.22. The molecule has 2 aromatic carbocycles. The number of nitrogens with two attached hydrogens (primary N) is 1. The number of hydrogen-bond donors (Lipinski definition) is 1. The predicted octanol–water partition coefficient (Wildman–Crippen LogP) is 3.58. The Bertz CT molecular complexity index is 1050. The predicted molar refractivity (Wildman–Crippen MR) is 115 cm³/mol. The summed E-state index contributed by atoms with van der Waals surface area (Å²) in [6.07, 6.45) is 1.63. The Balaban J connectivity index is 2.09. The van der Waals surface area contributed by atoms with Crippen LogP contribution in [0, 0.1) is 13.8 Å². The molecule has 1 atom stereocenters. The first kappa shape index (κ1) is 21.0. The number of ether oxygens (including phenoxy) is 1. The van der Waals surface area contributed by atoms with Crippen molar-refractivity contribution in [3.05, 3.63) is 94.8 Å². The largest absolute Gasteiger partial charge is 0.497 e. The van der Waals surface area contributed by atoms with Gasteiger partial charge >= 0.3 is 0 Å². The quantitative estimate of drug-likeness (QED) is 0.653. The van der Waals surface area contributed by atoms with E-state index in [0.717, 1.165) is 11.1 Å². The molecule has 2 N–H and O–H groups in total. The Hall–Kier alpha value is -3.67. The van der Waals surface area contributed by atoms with Gasteiger partial charge in [0.1, 0.15) is 11.8 Å². The minimum Gasteiger partial charge on any atom is -0.497 e. The van der Waals surface area contributed by atoms with E-state index in [0.29, 0.717) is 22.6 Å². The monoisotopic (exact) mass is 403 g/mol. The molecule has 6 nitrogen and oxygen atoms in total. The average Bonchev–Trinajstić information content (AvgIpc) is 2.74. The molecule has 0 radical (unpaired) electrons. The molecule has 0 fully saturated rings. The zero-order chi connectivity index (χ0) is 21.7. The van der Waals surface area contributed by atoms with Gasteiger partial charge in [0.25, 0.3) is 5.91 Å². The topological polar surface area (TPSA) is 85.5 Å². The lowest BCUT2D eigenvalue weighted by molar-refractivity contribution is -0.122. The van der Waals surface area contributed by atoms with Gasteiger partial charge in [-0.2, -0.15) is 0 Å². The third-order valence-electron chi connectivity index (χ3n) is 4.96. The molecule has 2 amide bonds. The third-order valence-corrected chi connectivity index (χ3v) is 4.96. The number of rotatable bonds is 7. The van der Waals surface area contributed by atoms with Crippen LogP contribution in [0.3, 0.4) is 0 Å². The lowest BCUT2D eigenvalue weighted by Gasteiger charge is -2.31. The molecule has 3 aromatic rings. The molecule has 0 saturated carbocycles. The Morgan fingerprint density at radius 3 is 2.43 bits per heavy atom. The highest BCUT2D eigenvalue weighted by atomic mass is 16.5. The van der Waals surface area contributed by atoms with Gasteiger partial charge in [0.15, 0.2) is 0 Å². The van der Waals surface area contributed by atoms with Crippen LogP contribution in [0.25, 0.3) is 0 Å². The number of aromatic nitrogens is 1. The highest BCUT2D eigenvalue weighted by molar-refractivity contribution is 5.98. The maximum absolute atomic E-state index is 13.6. The van der Waals surface area contributed by atoms with Crippen molar-refractivity contribution < 1.29 is 14.3 Å². The summed E-state index contributed by atoms with van der Waals surface area (Å²) in [6, 6.07) is 17.3. The van der Waals surface area contributed by atoms with Crippen molar-refractivity contribution in [3.63, 3.8) is 0 Å². The van der Waals surface area contributed by atoms with Gasteiger partial charge in [-0.3, -0.25) is 14.6 Å². The smallest absolute Gasteiger partial charge is 0.256 e. The highest BCUT2D eigenvalue weighted by Gasteiger charge is 2.31. The SMILES string of the molecule is COc1cccc([C@@H](C(N)=O)N(Cc2ccc(C)cc2)C(=O)c2cccnc2C)c1. The Labute approximate surface area is 176 Å². The van der Waals surface area contributed by atoms with Crippen LogP contribution in [0.15, 0.2) is 66.9 Å². The molecule has 6 heteroatoms. The van der Waals surface area contributed by atoms with Crippen LogP contribution in [0.2, 0.25) is 0 Å². The van der Waals surface area contributed by atoms with Crippen molar-refractivity contribution >= 4 is 11.8 Å². The minimum atomic E-state index is -0.964. The zero-order valence-electron chi connectivity index (χ0n) is 17.3. The first-order chi connectivity index (χ1) is 14.4. The molecule has 0 saturated heterocycles. The number of methoxy groups -OCH3 is 1. The number of pyridine rings is 1. The fraction of sp³-hybridized carbons (Fsp3) is 0.208. The van der Waals surface area contributed by atoms with Gasteiger partial charge < -0.3 is 15.4 Å². The van der Waals surface area contributed by atoms with Gasteiger partial charge in [0.05, 0.1) is 12.7 Å². The molecule has 1 heterocycles. The summed E-state index contributed by atoms with van der Waals surface area (Å²) in [5.41, 5.74) is 9.41. The fourth-order valence-corrected chi connectivity index (χ4v) is 3.34. The zero-order valence-corrected chi connectivity index (χ0v) is 17.3. The molecule has 3 rings (SSSR count). The molecule has 0 aliphatic heterocycles. The van der Waals surface area contributed by atoms with Crippen molar-refractivity contribution in [2.75, 3.05) is 7.11 Å². The number of aryl methyl sites for hydroxylation is 2. The first-order valence-corrected chi connectivity index (χ1v) is 9.62. The van der Waals surface area contributed by atoms with E-state index in [9.17, 15) is 9.59 Å². The van der Waals surface area contributed by atoms with E-state index >= 15 is 0 Å². The molecular formula is C24H25N3O3. The third kappa shape index (κ3) is 4.66. The van der Waals surface area contributed by atoms with E-state index in [2.05, 4.69) is 4.98 Å². The average molecular weight is 403 g/mol. The summed E-state index contributed by atoms with van der Waals surface area (Å²) in [5.74, 6) is -0.350. The summed E-state index contributed by atoms with van der Waals surface area (Å²) in [4.78, 5) is 31.8. The molecule has 1 aromatic heterocycles. The fourth-order valence-electron chi connectivity index (χ4n) is 3.34. The normalized spacial score (nSPS) is 11.6. The van der Waals surface area contributed by atoms with Crippen molar-refractivity contribution in [1.29, 1.82) is 0 Å². The molecule has 0 aliphatic rings. The summed E-state index contributed by atoms with van der Waals surface area (Å²) >= 11 is 0. The van der Waals surface area contributed by atoms with Gasteiger partial charge in [0.2, 0.25) is 5.91 Å². The number of carbonyl (C=O) groups is 2. The molecule has 0 bridgehead atoms. The van der Waals surface area contributed by atoms with Crippen LogP contribution in [-0.2, 0) is 11.3 Å². The van der Waals surface area contributed by atoms with Crippen LogP contribution in [0.5, 0.6) is 5.75 Å². The van der Waals surface area contributed by atoms with Gasteiger partial charge in [0, 0.05) is 18.4 Å². The van der Waals surface area contributed by atoms with Crippen molar-refractivity contribution in [2.24, 2.45) is 5.73 Å². The van der Waals surface area contributed by atoms with Crippen LogP contribution >= 0.6 is 0 Å². The molecule has 0 unspecified atom stereocenters. The van der Waals surface area contributed by atoms with Crippen LogP contribution in [0.4, 0.5) is 0 Å². The van der Waals surface area contributed by atoms with Crippen molar-refractivity contribution in [1.82, 2.24) is 9.88 Å². The van der Waals surface area contributed by atoms with E-state index in [1.165, 1.54) is 4.90 Å². The number of hydrogen-bond acceptors (Lipinski definition) is 4. The van der Waals surface area contributed by atoms with Crippen LogP contribution in [-0.4, -0.2) is 28.8 Å². The van der Waals surface area contributed by atoms with E-state index in [-0.39, 0.29) is 12.5 Å². The van der Waals surface area contributed by atoms with Gasteiger partial charge in [-0.15, -0.1) is 0 Å². The van der Waals surface area contributed by atoms with Crippen molar-refractivity contribution in [3.8, 4) is 5.75 Å². The maximum atomic E-state index is 13.6. The molecule has 0 aliphatic carbocycles. The number of primary amides is 1. The van der Waals surface area contributed by atoms with Crippen LogP contribution < -0.4 is 10.5 Å². The number of carbonyl (C=O) groups excluding carboxylic acids is 2. The Morgan fingerprint density at radius 2 is 1.80 bits per heavy atom. The van der Waals surface area contributed by atoms with E-state index < -0.39 is 11.9 Å². The highest BCUT2D eigenvalue weighted by Crippen LogP contribution is 2.28. The van der Waals surface area contributed by atoms with E-state index in [4.69, 9.17) is 10.5 Å². The first-order valence-electron chi connectivity index (χ1n) is 9.62. The summed E-state index contributed by atoms with van der Waals surface area (Å²) < 4.78 is 5.29. The molecule has 30 heavy (non-hydrogen) atoms. The molecule has 0 spiro atoms. The van der Waals surface area contributed by atoms with Crippen LogP contribution in [0.1, 0.15) is 38.8 Å². The van der Waals surface area contributed by atoms with E-state index in [1.54, 1.807) is 56.6 Å². The second-order valence-corrected chi connectivity index (χ2v) is 7.14. The Morgan fingerprint density at radius 1 is 1.07 bits per heavy atom. The van der Waals surface area contributed by atoms with Crippen molar-refractivity contribution in [2.45, 2.75) is 26.4 Å². The van der Waals surface area contributed by atoms with E-state index in [1.807, 2.05) is 31.2 Å². The standard InChI is InChI=1S/C24H25N3O3/c1-16-9-11-18(12-10-16)15-27(24(29)21-8-5-13-26-17(21)2)22(23(25)28)19-6-4-7-20(14-19)30-3/h4-14,22H,15H2,1-3H3,(H2,25,28)/t22-/m0/s1. The minimum absolute atomic E-state index is 0.221. The van der Waals surface area contributed by atoms with Gasteiger partial charge in [-0.05, 0) is 49.2 Å². The Kier molecular flexibility index (Phi) is 6.47. The summed E-state index contributed by atoms with van der Waals surface area (Å²) in [5, 5.41) is 0. The molecule has 154 valence electrons. The number of amides is 2. The number of nitrogens with zero attached hydrogens (tertiary/aromatic N) is 2. The van der Waals surface area contributed by atoms with Gasteiger partial charge in [-0.1, -0.05) is 42.0 Å². The second-order valence-electron chi connectivity index (χ2n) is 7.14.